The van der Waals surface area contributed by atoms with Crippen LogP contribution in [0, 0.1) is 0 Å². The first-order valence-corrected chi connectivity index (χ1v) is 11.5. The lowest BCUT2D eigenvalue weighted by Crippen LogP contribution is -2.48. The monoisotopic (exact) mass is 444 g/mol. The van der Waals surface area contributed by atoms with Gasteiger partial charge in [-0.2, -0.15) is 0 Å². The average molecular weight is 445 g/mol. The van der Waals surface area contributed by atoms with Crippen LogP contribution in [0.15, 0.2) is 78.9 Å². The molecule has 1 aliphatic heterocycles. The topological polar surface area (TPSA) is 60.5 Å². The number of fused-ring (bicyclic) bond motifs is 2. The number of ether oxygens (including phenoxy) is 2. The maximum absolute atomic E-state index is 13.5. The summed E-state index contributed by atoms with van der Waals surface area (Å²) in [6.07, 6.45) is 0.281. The van der Waals surface area contributed by atoms with Crippen LogP contribution in [-0.2, 0) is 16.6 Å². The molecule has 162 valence electrons. The maximum atomic E-state index is 13.5. The maximum Gasteiger partial charge on any atom is 0.230 e. The lowest BCUT2D eigenvalue weighted by molar-refractivity contribution is -0.126. The quantitative estimate of drug-likeness (QED) is 0.466. The van der Waals surface area contributed by atoms with Gasteiger partial charge >= 0.3 is 0 Å². The number of hydrogen-bond donors (Lipinski definition) is 1. The first kappa shape index (κ1) is 20.5. The SMILES string of the molecule is C[C@](Cc1nc2ccccc2s1)(C(=O)NC[C@H]1COc2ccccc2O1)c1ccccc1. The summed E-state index contributed by atoms with van der Waals surface area (Å²) in [4.78, 5) is 18.3. The van der Waals surface area contributed by atoms with Gasteiger partial charge in [0.2, 0.25) is 5.91 Å². The van der Waals surface area contributed by atoms with E-state index in [9.17, 15) is 4.79 Å². The highest BCUT2D eigenvalue weighted by Gasteiger charge is 2.37. The van der Waals surface area contributed by atoms with Gasteiger partial charge in [-0.05, 0) is 36.8 Å². The summed E-state index contributed by atoms with van der Waals surface area (Å²) < 4.78 is 12.9. The Balaban J connectivity index is 1.35. The fraction of sp³-hybridized carbons (Fsp3) is 0.231. The summed E-state index contributed by atoms with van der Waals surface area (Å²) in [6, 6.07) is 25.6. The molecule has 6 heteroatoms. The highest BCUT2D eigenvalue weighted by atomic mass is 32.1. The standard InChI is InChI=1S/C26H24N2O3S/c1-26(18-9-3-2-4-10-18,15-24-28-20-11-5-8-14-23(20)32-24)25(29)27-16-19-17-30-21-12-6-7-13-22(21)31-19/h2-14,19H,15-17H2,1H3,(H,27,29)/t19-,26+/m0/s1. The fourth-order valence-electron chi connectivity index (χ4n) is 3.98. The van der Waals surface area contributed by atoms with E-state index in [4.69, 9.17) is 14.5 Å². The van der Waals surface area contributed by atoms with Gasteiger partial charge in [-0.3, -0.25) is 4.79 Å². The van der Waals surface area contributed by atoms with Gasteiger partial charge in [-0.25, -0.2) is 4.98 Å². The second kappa shape index (κ2) is 8.63. The Hall–Kier alpha value is -3.38. The van der Waals surface area contributed by atoms with Crippen LogP contribution in [0.1, 0.15) is 17.5 Å². The molecule has 0 fully saturated rings. The normalized spacial score (nSPS) is 17.0. The predicted octanol–water partition coefficient (Wildman–Crippen LogP) is 4.75. The summed E-state index contributed by atoms with van der Waals surface area (Å²) in [5.74, 6) is 1.39. The molecule has 0 radical (unpaired) electrons. The number of thiazole rings is 1. The number of rotatable bonds is 6. The van der Waals surface area contributed by atoms with Crippen molar-refractivity contribution in [3.05, 3.63) is 89.4 Å². The van der Waals surface area contributed by atoms with Crippen LogP contribution in [0.25, 0.3) is 10.2 Å². The zero-order valence-corrected chi connectivity index (χ0v) is 18.6. The number of carbonyl (C=O) groups is 1. The third-order valence-electron chi connectivity index (χ3n) is 5.81. The summed E-state index contributed by atoms with van der Waals surface area (Å²) >= 11 is 1.64. The Morgan fingerprint density at radius 1 is 1.03 bits per heavy atom. The minimum Gasteiger partial charge on any atom is -0.486 e. The third kappa shape index (κ3) is 4.06. The Kier molecular flexibility index (Phi) is 5.53. The lowest BCUT2D eigenvalue weighted by atomic mass is 9.78. The molecule has 1 N–H and O–H groups in total. The number of benzene rings is 3. The first-order chi connectivity index (χ1) is 15.6. The van der Waals surface area contributed by atoms with E-state index in [0.29, 0.717) is 25.3 Å². The van der Waals surface area contributed by atoms with Crippen molar-refractivity contribution in [3.63, 3.8) is 0 Å². The van der Waals surface area contributed by atoms with E-state index in [2.05, 4.69) is 11.4 Å². The van der Waals surface area contributed by atoms with Gasteiger partial charge in [0.05, 0.1) is 27.2 Å². The molecule has 0 bridgehead atoms. The Morgan fingerprint density at radius 3 is 2.56 bits per heavy atom. The number of nitrogens with one attached hydrogen (secondary N) is 1. The highest BCUT2D eigenvalue weighted by Crippen LogP contribution is 2.33. The smallest absolute Gasteiger partial charge is 0.230 e. The molecule has 4 aromatic rings. The van der Waals surface area contributed by atoms with Gasteiger partial charge in [0, 0.05) is 6.42 Å². The van der Waals surface area contributed by atoms with E-state index >= 15 is 0 Å². The van der Waals surface area contributed by atoms with Crippen molar-refractivity contribution in [2.45, 2.75) is 24.9 Å². The number of carbonyl (C=O) groups excluding carboxylic acids is 1. The van der Waals surface area contributed by atoms with Crippen molar-refractivity contribution in [1.82, 2.24) is 10.3 Å². The Bertz CT molecular complexity index is 1210. The molecule has 5 rings (SSSR count). The Labute approximate surface area is 191 Å². The van der Waals surface area contributed by atoms with Crippen LogP contribution < -0.4 is 14.8 Å². The zero-order valence-electron chi connectivity index (χ0n) is 17.8. The molecular weight excluding hydrogens is 420 g/mol. The van der Waals surface area contributed by atoms with Gasteiger partial charge in [-0.1, -0.05) is 54.6 Å². The molecule has 2 atom stereocenters. The van der Waals surface area contributed by atoms with Gasteiger partial charge in [0.25, 0.3) is 0 Å². The van der Waals surface area contributed by atoms with Crippen LogP contribution in [0.2, 0.25) is 0 Å². The molecule has 1 amide bonds. The minimum absolute atomic E-state index is 0.0505. The van der Waals surface area contributed by atoms with Gasteiger partial charge in [-0.15, -0.1) is 11.3 Å². The predicted molar refractivity (Wildman–Crippen MR) is 126 cm³/mol. The second-order valence-electron chi connectivity index (χ2n) is 8.16. The second-order valence-corrected chi connectivity index (χ2v) is 9.27. The van der Waals surface area contributed by atoms with Crippen molar-refractivity contribution in [2.24, 2.45) is 0 Å². The molecule has 2 heterocycles. The van der Waals surface area contributed by atoms with Crippen molar-refractivity contribution in [2.75, 3.05) is 13.2 Å². The fourth-order valence-corrected chi connectivity index (χ4v) is 5.11. The van der Waals surface area contributed by atoms with Crippen molar-refractivity contribution < 1.29 is 14.3 Å². The van der Waals surface area contributed by atoms with E-state index in [-0.39, 0.29) is 12.0 Å². The van der Waals surface area contributed by atoms with Crippen molar-refractivity contribution in [1.29, 1.82) is 0 Å². The first-order valence-electron chi connectivity index (χ1n) is 10.7. The van der Waals surface area contributed by atoms with E-state index in [1.54, 1.807) is 11.3 Å². The van der Waals surface area contributed by atoms with Crippen LogP contribution in [0.5, 0.6) is 11.5 Å². The lowest BCUT2D eigenvalue weighted by Gasteiger charge is -2.31. The summed E-state index contributed by atoms with van der Waals surface area (Å²) in [5.41, 5.74) is 1.17. The molecule has 0 saturated carbocycles. The molecular formula is C26H24N2O3S. The molecule has 5 nitrogen and oxygen atoms in total. The third-order valence-corrected chi connectivity index (χ3v) is 6.85. The van der Waals surface area contributed by atoms with E-state index < -0.39 is 5.41 Å². The molecule has 0 unspecified atom stereocenters. The van der Waals surface area contributed by atoms with Gasteiger partial charge in [0.15, 0.2) is 11.5 Å². The summed E-state index contributed by atoms with van der Waals surface area (Å²) in [7, 11) is 0. The van der Waals surface area contributed by atoms with Crippen molar-refractivity contribution >= 4 is 27.5 Å². The molecule has 3 aromatic carbocycles. The number of hydrogen-bond acceptors (Lipinski definition) is 5. The van der Waals surface area contributed by atoms with Crippen LogP contribution >= 0.6 is 11.3 Å². The van der Waals surface area contributed by atoms with E-state index in [1.165, 1.54) is 0 Å². The van der Waals surface area contributed by atoms with Crippen LogP contribution in [0.4, 0.5) is 0 Å². The zero-order chi connectivity index (χ0) is 22.0. The molecule has 32 heavy (non-hydrogen) atoms. The summed E-state index contributed by atoms with van der Waals surface area (Å²) in [6.45, 7) is 2.75. The Morgan fingerprint density at radius 2 is 1.75 bits per heavy atom. The van der Waals surface area contributed by atoms with Crippen molar-refractivity contribution in [3.8, 4) is 11.5 Å². The number of aromatic nitrogens is 1. The van der Waals surface area contributed by atoms with E-state index in [1.807, 2.05) is 79.7 Å². The van der Waals surface area contributed by atoms with Crippen LogP contribution in [0.3, 0.4) is 0 Å². The average Bonchev–Trinajstić information content (AvgIpc) is 3.25. The molecule has 1 aromatic heterocycles. The van der Waals surface area contributed by atoms with Crippen LogP contribution in [-0.4, -0.2) is 30.1 Å². The van der Waals surface area contributed by atoms with Gasteiger partial charge in [0.1, 0.15) is 12.7 Å². The minimum atomic E-state index is -0.761. The summed E-state index contributed by atoms with van der Waals surface area (Å²) in [5, 5.41) is 4.05. The molecule has 0 aliphatic carbocycles. The number of amides is 1. The van der Waals surface area contributed by atoms with Gasteiger partial charge < -0.3 is 14.8 Å². The highest BCUT2D eigenvalue weighted by molar-refractivity contribution is 7.18. The number of nitrogens with zero attached hydrogens (tertiary/aromatic N) is 1. The molecule has 0 spiro atoms. The van der Waals surface area contributed by atoms with E-state index in [0.717, 1.165) is 26.5 Å². The molecule has 0 saturated heterocycles. The largest absolute Gasteiger partial charge is 0.486 e. The number of para-hydroxylation sites is 3. The molecule has 1 aliphatic rings.